The number of piperidine rings is 1. The highest BCUT2D eigenvalue weighted by Gasteiger charge is 2.52. The van der Waals surface area contributed by atoms with Gasteiger partial charge >= 0.3 is 0 Å². The number of aliphatic hydroxyl groups excluding tert-OH is 1. The summed E-state index contributed by atoms with van der Waals surface area (Å²) in [5.74, 6) is 0.656. The molecule has 40 heavy (non-hydrogen) atoms. The first kappa shape index (κ1) is 29.3. The minimum Gasteiger partial charge on any atom is -0.378 e. The number of benzene rings is 1. The second-order valence-electron chi connectivity index (χ2n) is 11.9. The van der Waals surface area contributed by atoms with Crippen molar-refractivity contribution >= 4 is 23.3 Å². The Morgan fingerprint density at radius 1 is 1.20 bits per heavy atom. The Balaban J connectivity index is 1.17. The van der Waals surface area contributed by atoms with Crippen LogP contribution in [0.25, 0.3) is 0 Å². The molecule has 3 aliphatic rings. The van der Waals surface area contributed by atoms with E-state index in [9.17, 15) is 9.90 Å². The minimum absolute atomic E-state index is 0.00112. The molecule has 0 radical (unpaired) electrons. The Hall–Kier alpha value is -2.23. The van der Waals surface area contributed by atoms with E-state index in [0.29, 0.717) is 17.4 Å². The van der Waals surface area contributed by atoms with Crippen molar-refractivity contribution in [1.29, 1.82) is 0 Å². The summed E-state index contributed by atoms with van der Waals surface area (Å²) in [6.45, 7) is 11.0. The number of epoxide rings is 1. The number of aliphatic hydroxyl groups is 1. The quantitative estimate of drug-likeness (QED) is 0.419. The number of nitrogens with one attached hydrogen (secondary N) is 1. The van der Waals surface area contributed by atoms with E-state index in [2.05, 4.69) is 53.0 Å². The summed E-state index contributed by atoms with van der Waals surface area (Å²) >= 11 is 6.21. The van der Waals surface area contributed by atoms with E-state index in [-0.39, 0.29) is 30.3 Å². The second kappa shape index (κ2) is 12.3. The second-order valence-corrected chi connectivity index (χ2v) is 12.3. The lowest BCUT2D eigenvalue weighted by molar-refractivity contribution is -0.0373. The SMILES string of the molecule is CCC(C)N(C)C(=O)c1cc(C)nc(NC2OC2C2CCC(O)N2C2CCN(Cc3ccc(Cl)c(C)c3)CC2)c1. The molecule has 1 amide bonds. The Kier molecular flexibility index (Phi) is 9.02. The van der Waals surface area contributed by atoms with E-state index in [1.54, 1.807) is 4.90 Å². The maximum atomic E-state index is 13.0. The molecule has 4 heterocycles. The Labute approximate surface area is 243 Å². The molecule has 5 atom stereocenters. The van der Waals surface area contributed by atoms with Crippen LogP contribution in [0.4, 0.5) is 5.82 Å². The number of anilines is 1. The number of amides is 1. The number of carbonyl (C=O) groups excluding carboxylic acids is 1. The predicted molar refractivity (Wildman–Crippen MR) is 158 cm³/mol. The van der Waals surface area contributed by atoms with Crippen molar-refractivity contribution in [3.8, 4) is 0 Å². The van der Waals surface area contributed by atoms with Crippen molar-refractivity contribution in [3.05, 3.63) is 57.7 Å². The van der Waals surface area contributed by atoms with Crippen LogP contribution >= 0.6 is 11.6 Å². The zero-order valence-corrected chi connectivity index (χ0v) is 25.2. The summed E-state index contributed by atoms with van der Waals surface area (Å²) in [6.07, 6.45) is 4.04. The van der Waals surface area contributed by atoms with Gasteiger partial charge in [0.05, 0.1) is 0 Å². The number of carbonyl (C=O) groups is 1. The predicted octanol–water partition coefficient (Wildman–Crippen LogP) is 4.81. The first-order chi connectivity index (χ1) is 19.1. The van der Waals surface area contributed by atoms with Crippen LogP contribution in [-0.4, -0.2) is 87.5 Å². The third-order valence-corrected chi connectivity index (χ3v) is 9.45. The van der Waals surface area contributed by atoms with Crippen molar-refractivity contribution in [3.63, 3.8) is 0 Å². The van der Waals surface area contributed by atoms with Crippen LogP contribution in [0, 0.1) is 13.8 Å². The number of nitrogens with zero attached hydrogens (tertiary/aromatic N) is 4. The number of halogens is 1. The molecule has 3 saturated heterocycles. The van der Waals surface area contributed by atoms with Crippen LogP contribution in [0.5, 0.6) is 0 Å². The largest absolute Gasteiger partial charge is 0.378 e. The van der Waals surface area contributed by atoms with Gasteiger partial charge in [0.25, 0.3) is 5.91 Å². The van der Waals surface area contributed by atoms with Gasteiger partial charge in [0, 0.05) is 48.0 Å². The Morgan fingerprint density at radius 3 is 2.65 bits per heavy atom. The highest BCUT2D eigenvalue weighted by molar-refractivity contribution is 6.31. The average molecular weight is 570 g/mol. The van der Waals surface area contributed by atoms with Gasteiger partial charge in [-0.25, -0.2) is 4.98 Å². The molecule has 0 bridgehead atoms. The molecule has 0 spiro atoms. The van der Waals surface area contributed by atoms with Gasteiger partial charge in [-0.1, -0.05) is 30.7 Å². The van der Waals surface area contributed by atoms with Crippen molar-refractivity contribution in [2.24, 2.45) is 0 Å². The van der Waals surface area contributed by atoms with E-state index < -0.39 is 6.23 Å². The molecule has 218 valence electrons. The fraction of sp³-hybridized carbons (Fsp3) is 0.613. The first-order valence-electron chi connectivity index (χ1n) is 14.7. The molecule has 0 aliphatic carbocycles. The number of ether oxygens (including phenoxy) is 1. The summed E-state index contributed by atoms with van der Waals surface area (Å²) in [5, 5.41) is 15.2. The van der Waals surface area contributed by atoms with Gasteiger partial charge in [-0.3, -0.25) is 14.6 Å². The molecule has 0 saturated carbocycles. The van der Waals surface area contributed by atoms with Gasteiger partial charge in [0.2, 0.25) is 0 Å². The number of rotatable bonds is 9. The minimum atomic E-state index is -0.428. The zero-order chi connectivity index (χ0) is 28.6. The molecular formula is C31H44ClN5O3. The topological polar surface area (TPSA) is 84.5 Å². The van der Waals surface area contributed by atoms with Crippen molar-refractivity contribution in [2.75, 3.05) is 25.5 Å². The lowest BCUT2D eigenvalue weighted by atomic mass is 10.00. The smallest absolute Gasteiger partial charge is 0.254 e. The van der Waals surface area contributed by atoms with Crippen LogP contribution in [0.15, 0.2) is 30.3 Å². The summed E-state index contributed by atoms with van der Waals surface area (Å²) in [7, 11) is 1.85. The van der Waals surface area contributed by atoms with Crippen molar-refractivity contribution in [1.82, 2.24) is 19.7 Å². The third-order valence-electron chi connectivity index (χ3n) is 9.02. The number of likely N-dealkylation sites (tertiary alicyclic amines) is 2. The van der Waals surface area contributed by atoms with Crippen LogP contribution < -0.4 is 5.32 Å². The maximum absolute atomic E-state index is 13.0. The van der Waals surface area contributed by atoms with Crippen molar-refractivity contribution in [2.45, 2.75) is 103 Å². The molecule has 3 fully saturated rings. The van der Waals surface area contributed by atoms with Crippen LogP contribution in [-0.2, 0) is 11.3 Å². The Morgan fingerprint density at radius 2 is 1.95 bits per heavy atom. The van der Waals surface area contributed by atoms with E-state index in [0.717, 1.165) is 68.0 Å². The molecule has 5 unspecified atom stereocenters. The highest BCUT2D eigenvalue weighted by Crippen LogP contribution is 2.39. The van der Waals surface area contributed by atoms with Gasteiger partial charge in [-0.15, -0.1) is 0 Å². The van der Waals surface area contributed by atoms with Crippen LogP contribution in [0.1, 0.15) is 73.1 Å². The normalized spacial score (nSPS) is 26.6. The van der Waals surface area contributed by atoms with Gasteiger partial charge in [-0.2, -0.15) is 0 Å². The summed E-state index contributed by atoms with van der Waals surface area (Å²) < 4.78 is 6.12. The van der Waals surface area contributed by atoms with Crippen LogP contribution in [0.2, 0.25) is 5.02 Å². The summed E-state index contributed by atoms with van der Waals surface area (Å²) in [5.41, 5.74) is 3.84. The van der Waals surface area contributed by atoms with E-state index in [4.69, 9.17) is 16.3 Å². The fourth-order valence-corrected chi connectivity index (χ4v) is 6.47. The molecule has 8 nitrogen and oxygen atoms in total. The standard InChI is InChI=1S/C31H44ClN5O3/c1-6-21(4)35(5)31(39)23-16-20(3)33-27(17-23)34-30-29(40-30)26-9-10-28(38)37(26)24-11-13-36(14-12-24)18-22-7-8-25(32)19(2)15-22/h7-8,15-17,21,24,26,28-30,38H,6,9-14,18H2,1-5H3,(H,33,34). The Bertz CT molecular complexity index is 1200. The number of aryl methyl sites for hydroxylation is 2. The molecule has 5 rings (SSSR count). The number of aromatic nitrogens is 1. The third kappa shape index (κ3) is 6.47. The fourth-order valence-electron chi connectivity index (χ4n) is 6.35. The highest BCUT2D eigenvalue weighted by atomic mass is 35.5. The number of pyridine rings is 1. The van der Waals surface area contributed by atoms with Crippen LogP contribution in [0.3, 0.4) is 0 Å². The summed E-state index contributed by atoms with van der Waals surface area (Å²) in [4.78, 5) is 24.2. The first-order valence-corrected chi connectivity index (χ1v) is 15.1. The molecule has 2 aromatic rings. The van der Waals surface area contributed by atoms with Crippen molar-refractivity contribution < 1.29 is 14.6 Å². The lowest BCUT2D eigenvalue weighted by Gasteiger charge is -2.40. The molecule has 2 N–H and O–H groups in total. The van der Waals surface area contributed by atoms with Gasteiger partial charge in [0.15, 0.2) is 6.23 Å². The zero-order valence-electron chi connectivity index (χ0n) is 24.4. The molecule has 9 heteroatoms. The number of hydrogen-bond acceptors (Lipinski definition) is 7. The van der Waals surface area contributed by atoms with E-state index >= 15 is 0 Å². The molecule has 1 aromatic heterocycles. The summed E-state index contributed by atoms with van der Waals surface area (Å²) in [6, 6.07) is 10.6. The van der Waals surface area contributed by atoms with Gasteiger partial charge in [0.1, 0.15) is 18.1 Å². The lowest BCUT2D eigenvalue weighted by Crippen LogP contribution is -2.51. The monoisotopic (exact) mass is 569 g/mol. The van der Waals surface area contributed by atoms with Gasteiger partial charge in [-0.05, 0) is 95.3 Å². The molecular weight excluding hydrogens is 526 g/mol. The number of hydrogen-bond donors (Lipinski definition) is 2. The van der Waals surface area contributed by atoms with E-state index in [1.807, 2.05) is 32.2 Å². The maximum Gasteiger partial charge on any atom is 0.254 e. The molecule has 1 aromatic carbocycles. The average Bonchev–Trinajstić information content (AvgIpc) is 3.59. The molecule has 3 aliphatic heterocycles. The van der Waals surface area contributed by atoms with E-state index in [1.165, 1.54) is 5.56 Å². The van der Waals surface area contributed by atoms with Gasteiger partial charge < -0.3 is 20.1 Å².